The molecule has 1 atom stereocenters. The molecule has 1 nitrogen and oxygen atoms in total. The minimum Gasteiger partial charge on any atom is -0.376 e. The summed E-state index contributed by atoms with van der Waals surface area (Å²) in [6.45, 7) is 4.20. The smallest absolute Gasteiger partial charge is 0.0885 e. The second-order valence-electron chi connectivity index (χ2n) is 3.57. The Balaban J connectivity index is 2.51. The highest BCUT2D eigenvalue weighted by Crippen LogP contribution is 2.31. The molecule has 1 unspecified atom stereocenters. The van der Waals surface area contributed by atoms with Crippen LogP contribution in [-0.4, -0.2) is 7.11 Å². The Labute approximate surface area is 88.3 Å². The van der Waals surface area contributed by atoms with Gasteiger partial charge in [0, 0.05) is 16.7 Å². The zero-order chi connectivity index (χ0) is 10.1. The highest BCUT2D eigenvalue weighted by Gasteiger charge is 2.08. The second kappa shape index (κ2) is 3.71. The molecule has 2 rings (SSSR count). The van der Waals surface area contributed by atoms with Crippen molar-refractivity contribution >= 4 is 21.4 Å². The van der Waals surface area contributed by atoms with E-state index >= 15 is 0 Å². The first-order valence-electron chi connectivity index (χ1n) is 4.73. The molecule has 0 saturated heterocycles. The quantitative estimate of drug-likeness (QED) is 0.723. The molecule has 0 aliphatic carbocycles. The lowest BCUT2D eigenvalue weighted by Crippen LogP contribution is -1.90. The van der Waals surface area contributed by atoms with E-state index < -0.39 is 0 Å². The minimum atomic E-state index is 0.202. The highest BCUT2D eigenvalue weighted by molar-refractivity contribution is 7.19. The van der Waals surface area contributed by atoms with Gasteiger partial charge >= 0.3 is 0 Å². The number of hydrogen-bond donors (Lipinski definition) is 0. The van der Waals surface area contributed by atoms with Crippen LogP contribution in [0.1, 0.15) is 23.5 Å². The molecular weight excluding hydrogens is 192 g/mol. The summed E-state index contributed by atoms with van der Waals surface area (Å²) >= 11 is 1.82. The average Bonchev–Trinajstić information content (AvgIpc) is 2.59. The summed E-state index contributed by atoms with van der Waals surface area (Å²) in [5, 5.41) is 1.32. The fraction of sp³-hybridized carbons (Fsp3) is 0.333. The number of methoxy groups -OCH3 is 1. The van der Waals surface area contributed by atoms with E-state index in [0.717, 1.165) is 0 Å². The summed E-state index contributed by atoms with van der Waals surface area (Å²) in [6.07, 6.45) is 0.202. The maximum absolute atomic E-state index is 5.31. The van der Waals surface area contributed by atoms with Crippen LogP contribution in [0.2, 0.25) is 0 Å². The largest absolute Gasteiger partial charge is 0.376 e. The van der Waals surface area contributed by atoms with E-state index in [1.54, 1.807) is 7.11 Å². The normalized spacial score (nSPS) is 13.4. The van der Waals surface area contributed by atoms with Crippen molar-refractivity contribution in [3.05, 3.63) is 34.7 Å². The van der Waals surface area contributed by atoms with Gasteiger partial charge in [0.25, 0.3) is 0 Å². The van der Waals surface area contributed by atoms with Gasteiger partial charge < -0.3 is 4.74 Å². The fourth-order valence-electron chi connectivity index (χ4n) is 1.48. The van der Waals surface area contributed by atoms with Crippen LogP contribution >= 0.6 is 11.3 Å². The van der Waals surface area contributed by atoms with Gasteiger partial charge in [0.1, 0.15) is 0 Å². The SMILES string of the molecule is COC(C)c1cc2ccc(C)cc2s1. The standard InChI is InChI=1S/C12H14OS/c1-8-4-5-10-7-11(9(2)13-3)14-12(10)6-8/h4-7,9H,1-3H3. The van der Waals surface area contributed by atoms with Crippen molar-refractivity contribution in [3.63, 3.8) is 0 Å². The first-order valence-corrected chi connectivity index (χ1v) is 5.55. The molecule has 0 radical (unpaired) electrons. The summed E-state index contributed by atoms with van der Waals surface area (Å²) in [4.78, 5) is 1.30. The van der Waals surface area contributed by atoms with E-state index in [0.29, 0.717) is 0 Å². The second-order valence-corrected chi connectivity index (χ2v) is 4.68. The molecule has 2 heteroatoms. The highest BCUT2D eigenvalue weighted by atomic mass is 32.1. The van der Waals surface area contributed by atoms with Gasteiger partial charge in [0.15, 0.2) is 0 Å². The molecule has 14 heavy (non-hydrogen) atoms. The molecule has 0 aliphatic heterocycles. The Morgan fingerprint density at radius 2 is 2.07 bits per heavy atom. The predicted molar refractivity (Wildman–Crippen MR) is 62.0 cm³/mol. The molecule has 0 amide bonds. The van der Waals surface area contributed by atoms with Gasteiger partial charge in [-0.25, -0.2) is 0 Å². The molecule has 0 aliphatic rings. The number of aryl methyl sites for hydroxylation is 1. The number of hydrogen-bond acceptors (Lipinski definition) is 2. The van der Waals surface area contributed by atoms with Crippen LogP contribution in [0.5, 0.6) is 0 Å². The van der Waals surface area contributed by atoms with E-state index in [-0.39, 0.29) is 6.10 Å². The van der Waals surface area contributed by atoms with Gasteiger partial charge in [-0.15, -0.1) is 11.3 Å². The number of benzene rings is 1. The van der Waals surface area contributed by atoms with Crippen LogP contribution in [0.15, 0.2) is 24.3 Å². The third kappa shape index (κ3) is 1.68. The molecular formula is C12H14OS. The average molecular weight is 206 g/mol. The topological polar surface area (TPSA) is 9.23 Å². The maximum Gasteiger partial charge on any atom is 0.0885 e. The molecule has 1 aromatic heterocycles. The Kier molecular flexibility index (Phi) is 2.57. The zero-order valence-corrected chi connectivity index (χ0v) is 9.52. The number of ether oxygens (including phenoxy) is 1. The van der Waals surface area contributed by atoms with E-state index in [4.69, 9.17) is 4.74 Å². The molecule has 1 aromatic carbocycles. The van der Waals surface area contributed by atoms with Crippen molar-refractivity contribution in [2.75, 3.05) is 7.11 Å². The first kappa shape index (κ1) is 9.69. The molecule has 0 saturated carbocycles. The van der Waals surface area contributed by atoms with Crippen molar-refractivity contribution in [3.8, 4) is 0 Å². The van der Waals surface area contributed by atoms with Crippen molar-refractivity contribution in [1.82, 2.24) is 0 Å². The van der Waals surface area contributed by atoms with E-state index in [2.05, 4.69) is 38.1 Å². The van der Waals surface area contributed by atoms with Crippen LogP contribution in [-0.2, 0) is 4.74 Å². The zero-order valence-electron chi connectivity index (χ0n) is 8.70. The van der Waals surface area contributed by atoms with Gasteiger partial charge in [-0.05, 0) is 36.9 Å². The van der Waals surface area contributed by atoms with E-state index in [9.17, 15) is 0 Å². The van der Waals surface area contributed by atoms with E-state index in [1.807, 2.05) is 11.3 Å². The van der Waals surface area contributed by atoms with E-state index in [1.165, 1.54) is 20.5 Å². The molecule has 0 N–H and O–H groups in total. The lowest BCUT2D eigenvalue weighted by Gasteiger charge is -2.04. The van der Waals surface area contributed by atoms with Crippen LogP contribution in [0.3, 0.4) is 0 Å². The third-order valence-electron chi connectivity index (χ3n) is 2.45. The van der Waals surface area contributed by atoms with Gasteiger partial charge in [-0.2, -0.15) is 0 Å². The van der Waals surface area contributed by atoms with Crippen molar-refractivity contribution in [2.45, 2.75) is 20.0 Å². The van der Waals surface area contributed by atoms with Gasteiger partial charge in [0.2, 0.25) is 0 Å². The predicted octanol–water partition coefficient (Wildman–Crippen LogP) is 3.92. The monoisotopic (exact) mass is 206 g/mol. The van der Waals surface area contributed by atoms with Gasteiger partial charge in [0.05, 0.1) is 6.10 Å². The Morgan fingerprint density at radius 1 is 1.29 bits per heavy atom. The van der Waals surface area contributed by atoms with Gasteiger partial charge in [-0.1, -0.05) is 12.1 Å². The van der Waals surface area contributed by atoms with Crippen molar-refractivity contribution < 1.29 is 4.74 Å². The summed E-state index contributed by atoms with van der Waals surface area (Å²) < 4.78 is 6.66. The fourth-order valence-corrected chi connectivity index (χ4v) is 2.67. The van der Waals surface area contributed by atoms with Crippen LogP contribution in [0, 0.1) is 6.92 Å². The van der Waals surface area contributed by atoms with Crippen LogP contribution in [0.25, 0.3) is 10.1 Å². The van der Waals surface area contributed by atoms with Crippen molar-refractivity contribution in [1.29, 1.82) is 0 Å². The molecule has 74 valence electrons. The summed E-state index contributed by atoms with van der Waals surface area (Å²) in [6, 6.07) is 8.77. The molecule has 1 heterocycles. The molecule has 2 aromatic rings. The lowest BCUT2D eigenvalue weighted by atomic mass is 10.2. The van der Waals surface area contributed by atoms with Crippen LogP contribution in [0.4, 0.5) is 0 Å². The molecule has 0 fully saturated rings. The number of fused-ring (bicyclic) bond motifs is 1. The Hall–Kier alpha value is -0.860. The summed E-state index contributed by atoms with van der Waals surface area (Å²) in [7, 11) is 1.75. The van der Waals surface area contributed by atoms with Crippen LogP contribution < -0.4 is 0 Å². The maximum atomic E-state index is 5.31. The van der Waals surface area contributed by atoms with Crippen molar-refractivity contribution in [2.24, 2.45) is 0 Å². The number of rotatable bonds is 2. The summed E-state index contributed by atoms with van der Waals surface area (Å²) in [5.74, 6) is 0. The van der Waals surface area contributed by atoms with Gasteiger partial charge in [-0.3, -0.25) is 0 Å². The molecule has 0 spiro atoms. The summed E-state index contributed by atoms with van der Waals surface area (Å²) in [5.41, 5.74) is 1.32. The first-order chi connectivity index (χ1) is 6.70. The number of thiophene rings is 1. The Morgan fingerprint density at radius 3 is 2.79 bits per heavy atom. The lowest BCUT2D eigenvalue weighted by molar-refractivity contribution is 0.122. The third-order valence-corrected chi connectivity index (χ3v) is 3.71. The Bertz CT molecular complexity index is 445. The molecule has 0 bridgehead atoms. The minimum absolute atomic E-state index is 0.202.